The average molecular weight is 267 g/mol. The first-order chi connectivity index (χ1) is 8.81. The first kappa shape index (κ1) is 13.4. The largest absolute Gasteiger partial charge is 0.449 e. The molecule has 1 amide bonds. The minimum Gasteiger partial charge on any atom is -0.449 e. The molecular weight excluding hydrogens is 246 g/mol. The van der Waals surface area contributed by atoms with Crippen LogP contribution in [0.2, 0.25) is 0 Å². The summed E-state index contributed by atoms with van der Waals surface area (Å²) >= 11 is 1.73. The predicted molar refractivity (Wildman–Crippen MR) is 73.9 cm³/mol. The molecule has 0 saturated heterocycles. The lowest BCUT2D eigenvalue weighted by atomic mass is 10.1. The summed E-state index contributed by atoms with van der Waals surface area (Å²) in [7, 11) is 0. The van der Waals surface area contributed by atoms with Crippen LogP contribution in [0, 0.1) is 0 Å². The highest BCUT2D eigenvalue weighted by molar-refractivity contribution is 7.10. The molecule has 0 radical (unpaired) electrons. The van der Waals surface area contributed by atoms with Gasteiger partial charge in [-0.1, -0.05) is 26.2 Å². The molecule has 4 heteroatoms. The summed E-state index contributed by atoms with van der Waals surface area (Å²) in [5, 5.41) is 2.10. The Hall–Kier alpha value is -1.03. The van der Waals surface area contributed by atoms with Gasteiger partial charge in [0, 0.05) is 11.4 Å². The number of nitrogens with zero attached hydrogens (tertiary/aromatic N) is 1. The van der Waals surface area contributed by atoms with Crippen molar-refractivity contribution in [2.24, 2.45) is 0 Å². The van der Waals surface area contributed by atoms with Crippen LogP contribution in [-0.4, -0.2) is 24.1 Å². The van der Waals surface area contributed by atoms with Gasteiger partial charge < -0.3 is 9.64 Å². The third-order valence-electron chi connectivity index (χ3n) is 3.30. The number of rotatable bonds is 5. The molecule has 100 valence electrons. The van der Waals surface area contributed by atoms with Crippen molar-refractivity contribution in [3.05, 3.63) is 21.9 Å². The Balaban J connectivity index is 1.71. The molecule has 1 aliphatic heterocycles. The number of carbonyl (C=O) groups is 1. The number of unbranched alkanes of at least 4 members (excludes halogenated alkanes) is 3. The summed E-state index contributed by atoms with van der Waals surface area (Å²) in [6.07, 6.45) is 5.38. The van der Waals surface area contributed by atoms with Crippen molar-refractivity contribution in [3.8, 4) is 0 Å². The minimum atomic E-state index is -0.148. The van der Waals surface area contributed by atoms with Crippen molar-refractivity contribution >= 4 is 17.4 Å². The second kappa shape index (κ2) is 6.78. The van der Waals surface area contributed by atoms with Gasteiger partial charge in [0.05, 0.1) is 13.2 Å². The molecule has 0 fully saturated rings. The van der Waals surface area contributed by atoms with E-state index in [1.165, 1.54) is 23.3 Å². The second-order valence-corrected chi connectivity index (χ2v) is 5.72. The molecule has 2 rings (SSSR count). The Morgan fingerprint density at radius 3 is 3.17 bits per heavy atom. The molecule has 3 nitrogen and oxygen atoms in total. The zero-order valence-electron chi connectivity index (χ0n) is 11.0. The number of thiophene rings is 1. The Labute approximate surface area is 113 Å². The Kier molecular flexibility index (Phi) is 5.05. The molecule has 0 N–H and O–H groups in total. The Bertz CT molecular complexity index is 389. The van der Waals surface area contributed by atoms with E-state index in [4.69, 9.17) is 4.74 Å². The normalized spacial score (nSPS) is 14.4. The lowest BCUT2D eigenvalue weighted by Gasteiger charge is -2.26. The molecule has 0 bridgehead atoms. The first-order valence-electron chi connectivity index (χ1n) is 6.78. The topological polar surface area (TPSA) is 29.5 Å². The first-order valence-corrected chi connectivity index (χ1v) is 7.66. The highest BCUT2D eigenvalue weighted by Gasteiger charge is 2.22. The molecular formula is C14H21NO2S. The van der Waals surface area contributed by atoms with Crippen molar-refractivity contribution in [2.45, 2.75) is 45.6 Å². The SMILES string of the molecule is CCCCCCOC(=O)N1CCc2ccsc2C1. The quantitative estimate of drug-likeness (QED) is 0.759. The van der Waals surface area contributed by atoms with E-state index in [1.807, 2.05) is 4.90 Å². The van der Waals surface area contributed by atoms with E-state index in [2.05, 4.69) is 18.4 Å². The maximum Gasteiger partial charge on any atom is 0.410 e. The van der Waals surface area contributed by atoms with Crippen LogP contribution in [-0.2, 0) is 17.7 Å². The van der Waals surface area contributed by atoms with Gasteiger partial charge in [-0.2, -0.15) is 0 Å². The van der Waals surface area contributed by atoms with Gasteiger partial charge in [-0.3, -0.25) is 0 Å². The van der Waals surface area contributed by atoms with E-state index >= 15 is 0 Å². The minimum absolute atomic E-state index is 0.148. The summed E-state index contributed by atoms with van der Waals surface area (Å²) in [6.45, 7) is 4.25. The van der Waals surface area contributed by atoms with Crippen LogP contribution in [0.3, 0.4) is 0 Å². The molecule has 1 aromatic rings. The van der Waals surface area contributed by atoms with Gasteiger partial charge in [0.25, 0.3) is 0 Å². The fourth-order valence-corrected chi connectivity index (χ4v) is 3.12. The van der Waals surface area contributed by atoms with Crippen LogP contribution in [0.1, 0.15) is 43.0 Å². The van der Waals surface area contributed by atoms with E-state index in [9.17, 15) is 4.79 Å². The number of amides is 1. The standard InChI is InChI=1S/C14H21NO2S/c1-2-3-4-5-9-17-14(16)15-8-6-12-7-10-18-13(12)11-15/h7,10H,2-6,8-9,11H2,1H3. The number of hydrogen-bond donors (Lipinski definition) is 0. The van der Waals surface area contributed by atoms with Gasteiger partial charge in [0.1, 0.15) is 0 Å². The molecule has 0 atom stereocenters. The molecule has 1 aromatic heterocycles. The third-order valence-corrected chi connectivity index (χ3v) is 4.25. The second-order valence-electron chi connectivity index (χ2n) is 4.72. The van der Waals surface area contributed by atoms with Gasteiger partial charge in [-0.15, -0.1) is 11.3 Å². The fraction of sp³-hybridized carbons (Fsp3) is 0.643. The van der Waals surface area contributed by atoms with Gasteiger partial charge in [-0.25, -0.2) is 4.79 Å². The zero-order chi connectivity index (χ0) is 12.8. The average Bonchev–Trinajstić information content (AvgIpc) is 2.85. The summed E-state index contributed by atoms with van der Waals surface area (Å²) in [5.74, 6) is 0. The number of hydrogen-bond acceptors (Lipinski definition) is 3. The van der Waals surface area contributed by atoms with Crippen molar-refractivity contribution in [2.75, 3.05) is 13.2 Å². The number of ether oxygens (including phenoxy) is 1. The van der Waals surface area contributed by atoms with Crippen LogP contribution in [0.25, 0.3) is 0 Å². The highest BCUT2D eigenvalue weighted by Crippen LogP contribution is 2.24. The van der Waals surface area contributed by atoms with Crippen LogP contribution < -0.4 is 0 Å². The molecule has 0 spiro atoms. The van der Waals surface area contributed by atoms with Crippen molar-refractivity contribution < 1.29 is 9.53 Å². The number of carbonyl (C=O) groups excluding carboxylic acids is 1. The predicted octanol–water partition coefficient (Wildman–Crippen LogP) is 3.82. The molecule has 1 aliphatic rings. The van der Waals surface area contributed by atoms with Crippen molar-refractivity contribution in [1.29, 1.82) is 0 Å². The van der Waals surface area contributed by atoms with Crippen LogP contribution in [0.5, 0.6) is 0 Å². The van der Waals surface area contributed by atoms with Crippen LogP contribution >= 0.6 is 11.3 Å². The van der Waals surface area contributed by atoms with Crippen molar-refractivity contribution in [1.82, 2.24) is 4.90 Å². The number of fused-ring (bicyclic) bond motifs is 1. The summed E-state index contributed by atoms with van der Waals surface area (Å²) in [5.41, 5.74) is 1.40. The fourth-order valence-electron chi connectivity index (χ4n) is 2.17. The molecule has 18 heavy (non-hydrogen) atoms. The van der Waals surface area contributed by atoms with Crippen LogP contribution in [0.4, 0.5) is 4.79 Å². The lowest BCUT2D eigenvalue weighted by Crippen LogP contribution is -2.35. The molecule has 0 unspecified atom stereocenters. The molecule has 2 heterocycles. The zero-order valence-corrected chi connectivity index (χ0v) is 11.8. The van der Waals surface area contributed by atoms with E-state index in [-0.39, 0.29) is 6.09 Å². The summed E-state index contributed by atoms with van der Waals surface area (Å²) in [6, 6.07) is 2.16. The van der Waals surface area contributed by atoms with E-state index in [1.54, 1.807) is 11.3 Å². The molecule has 0 aliphatic carbocycles. The van der Waals surface area contributed by atoms with Crippen LogP contribution in [0.15, 0.2) is 11.4 Å². The smallest absolute Gasteiger partial charge is 0.410 e. The maximum absolute atomic E-state index is 11.9. The van der Waals surface area contributed by atoms with Gasteiger partial charge in [-0.05, 0) is 29.9 Å². The highest BCUT2D eigenvalue weighted by atomic mass is 32.1. The Morgan fingerprint density at radius 1 is 1.44 bits per heavy atom. The maximum atomic E-state index is 11.9. The Morgan fingerprint density at radius 2 is 2.33 bits per heavy atom. The molecule has 0 saturated carbocycles. The van der Waals surface area contributed by atoms with E-state index in [0.29, 0.717) is 6.61 Å². The van der Waals surface area contributed by atoms with E-state index in [0.717, 1.165) is 32.4 Å². The summed E-state index contributed by atoms with van der Waals surface area (Å²) < 4.78 is 5.31. The summed E-state index contributed by atoms with van der Waals surface area (Å²) in [4.78, 5) is 15.0. The third kappa shape index (κ3) is 3.48. The van der Waals surface area contributed by atoms with Gasteiger partial charge in [0.2, 0.25) is 0 Å². The molecule has 0 aromatic carbocycles. The van der Waals surface area contributed by atoms with Gasteiger partial charge in [0.15, 0.2) is 0 Å². The lowest BCUT2D eigenvalue weighted by molar-refractivity contribution is 0.0967. The van der Waals surface area contributed by atoms with Gasteiger partial charge >= 0.3 is 6.09 Å². The monoisotopic (exact) mass is 267 g/mol. The van der Waals surface area contributed by atoms with E-state index < -0.39 is 0 Å². The van der Waals surface area contributed by atoms with Crippen molar-refractivity contribution in [3.63, 3.8) is 0 Å².